The fourth-order valence-electron chi connectivity index (χ4n) is 2.05. The number of hydrogen-bond donors (Lipinski definition) is 3. The number of aromatic amines is 1. The predicted molar refractivity (Wildman–Crippen MR) is 84.8 cm³/mol. The molecule has 0 aliphatic rings. The second kappa shape index (κ2) is 6.63. The molecule has 1 heterocycles. The van der Waals surface area contributed by atoms with Crippen molar-refractivity contribution < 1.29 is 4.79 Å². The first-order valence-corrected chi connectivity index (χ1v) is 7.16. The minimum atomic E-state index is -0.277. The highest BCUT2D eigenvalue weighted by molar-refractivity contribution is 6.33. The number of H-pyrrole nitrogens is 1. The van der Waals surface area contributed by atoms with E-state index in [1.165, 1.54) is 0 Å². The molecule has 0 aliphatic heterocycles. The first-order valence-electron chi connectivity index (χ1n) is 6.78. The van der Waals surface area contributed by atoms with Crippen LogP contribution in [0.4, 0.5) is 10.5 Å². The maximum Gasteiger partial charge on any atom is 0.319 e. The highest BCUT2D eigenvalue weighted by Gasteiger charge is 2.11. The summed E-state index contributed by atoms with van der Waals surface area (Å²) in [5.41, 5.74) is 3.58. The quantitative estimate of drug-likeness (QED) is 0.810. The zero-order chi connectivity index (χ0) is 15.4. The molecule has 1 aromatic heterocycles. The van der Waals surface area contributed by atoms with Crippen LogP contribution in [-0.4, -0.2) is 22.3 Å². The van der Waals surface area contributed by atoms with E-state index >= 15 is 0 Å². The van der Waals surface area contributed by atoms with Gasteiger partial charge in [0.2, 0.25) is 0 Å². The molecule has 0 radical (unpaired) electrons. The zero-order valence-corrected chi connectivity index (χ0v) is 13.1. The zero-order valence-electron chi connectivity index (χ0n) is 12.3. The number of carbonyl (C=O) groups excluding carboxylic acids is 1. The van der Waals surface area contributed by atoms with Gasteiger partial charge in [0.05, 0.1) is 16.4 Å². The van der Waals surface area contributed by atoms with E-state index in [4.69, 9.17) is 11.6 Å². The Morgan fingerprint density at radius 2 is 2.14 bits per heavy atom. The number of benzene rings is 1. The number of anilines is 1. The van der Waals surface area contributed by atoms with Gasteiger partial charge < -0.3 is 10.6 Å². The standard InChI is InChI=1S/C15H19ClN4O/c1-9-4-5-14(13(16)6-9)18-15(21)17-10(2)7-12-8-11(3)19-20-12/h4-6,8,10H,7H2,1-3H3,(H,19,20)(H2,17,18,21)/t10-/m1/s1. The molecule has 0 fully saturated rings. The molecule has 21 heavy (non-hydrogen) atoms. The van der Waals surface area contributed by atoms with Gasteiger partial charge in [0.15, 0.2) is 0 Å². The van der Waals surface area contributed by atoms with E-state index in [9.17, 15) is 4.79 Å². The Kier molecular flexibility index (Phi) is 4.85. The number of aromatic nitrogens is 2. The number of carbonyl (C=O) groups is 1. The van der Waals surface area contributed by atoms with Gasteiger partial charge in [-0.3, -0.25) is 5.10 Å². The molecule has 2 amide bonds. The van der Waals surface area contributed by atoms with Gasteiger partial charge >= 0.3 is 6.03 Å². The third kappa shape index (κ3) is 4.49. The van der Waals surface area contributed by atoms with E-state index in [1.807, 2.05) is 39.0 Å². The lowest BCUT2D eigenvalue weighted by molar-refractivity contribution is 0.249. The number of nitrogens with one attached hydrogen (secondary N) is 3. The maximum atomic E-state index is 11.9. The molecule has 0 saturated carbocycles. The fraction of sp³-hybridized carbons (Fsp3) is 0.333. The molecule has 0 spiro atoms. The van der Waals surface area contributed by atoms with Gasteiger partial charge in [-0.1, -0.05) is 17.7 Å². The van der Waals surface area contributed by atoms with E-state index in [2.05, 4.69) is 20.8 Å². The van der Waals surface area contributed by atoms with Crippen LogP contribution in [0.1, 0.15) is 23.9 Å². The SMILES string of the molecule is Cc1ccc(NC(=O)N[C@H](C)Cc2cc(C)[nH]n2)c(Cl)c1. The third-order valence-corrected chi connectivity index (χ3v) is 3.34. The molecule has 1 atom stereocenters. The number of hydrogen-bond acceptors (Lipinski definition) is 2. The summed E-state index contributed by atoms with van der Waals surface area (Å²) in [4.78, 5) is 11.9. The van der Waals surface area contributed by atoms with Crippen molar-refractivity contribution in [2.24, 2.45) is 0 Å². The Morgan fingerprint density at radius 3 is 2.76 bits per heavy atom. The van der Waals surface area contributed by atoms with E-state index in [-0.39, 0.29) is 12.1 Å². The average Bonchev–Trinajstić information content (AvgIpc) is 2.78. The third-order valence-electron chi connectivity index (χ3n) is 3.02. The molecule has 112 valence electrons. The van der Waals surface area contributed by atoms with Crippen LogP contribution in [0.2, 0.25) is 5.02 Å². The molecule has 0 saturated heterocycles. The summed E-state index contributed by atoms with van der Waals surface area (Å²) < 4.78 is 0. The van der Waals surface area contributed by atoms with Gasteiger partial charge in [-0.25, -0.2) is 4.79 Å². The van der Waals surface area contributed by atoms with Crippen molar-refractivity contribution in [3.8, 4) is 0 Å². The number of amides is 2. The van der Waals surface area contributed by atoms with E-state index in [0.717, 1.165) is 17.0 Å². The van der Waals surface area contributed by atoms with Gasteiger partial charge in [0, 0.05) is 18.2 Å². The topological polar surface area (TPSA) is 69.8 Å². The fourth-order valence-corrected chi connectivity index (χ4v) is 2.33. The van der Waals surface area contributed by atoms with Crippen molar-refractivity contribution in [3.63, 3.8) is 0 Å². The molecule has 0 bridgehead atoms. The van der Waals surface area contributed by atoms with Crippen LogP contribution in [0.5, 0.6) is 0 Å². The van der Waals surface area contributed by atoms with Crippen molar-refractivity contribution in [3.05, 3.63) is 46.2 Å². The number of rotatable bonds is 4. The molecule has 1 aromatic carbocycles. The predicted octanol–water partition coefficient (Wildman–Crippen LogP) is 3.43. The van der Waals surface area contributed by atoms with Gasteiger partial charge in [-0.2, -0.15) is 5.10 Å². The number of halogens is 1. The van der Waals surface area contributed by atoms with Gasteiger partial charge in [-0.15, -0.1) is 0 Å². The number of aryl methyl sites for hydroxylation is 2. The van der Waals surface area contributed by atoms with Crippen LogP contribution in [0, 0.1) is 13.8 Å². The summed E-state index contributed by atoms with van der Waals surface area (Å²) >= 11 is 6.09. The normalized spacial score (nSPS) is 12.0. The molecule has 6 heteroatoms. The first kappa shape index (κ1) is 15.4. The lowest BCUT2D eigenvalue weighted by Gasteiger charge is -2.14. The van der Waals surface area contributed by atoms with Crippen molar-refractivity contribution in [2.75, 3.05) is 5.32 Å². The summed E-state index contributed by atoms with van der Waals surface area (Å²) in [5.74, 6) is 0. The highest BCUT2D eigenvalue weighted by Crippen LogP contribution is 2.22. The molecular weight excluding hydrogens is 288 g/mol. The number of urea groups is 1. The lowest BCUT2D eigenvalue weighted by Crippen LogP contribution is -2.37. The molecular formula is C15H19ClN4O. The van der Waals surface area contributed by atoms with Crippen molar-refractivity contribution in [1.82, 2.24) is 15.5 Å². The Morgan fingerprint density at radius 1 is 1.38 bits per heavy atom. The second-order valence-electron chi connectivity index (χ2n) is 5.23. The van der Waals surface area contributed by atoms with E-state index in [0.29, 0.717) is 17.1 Å². The Labute approximate surface area is 129 Å². The minimum absolute atomic E-state index is 0.0306. The van der Waals surface area contributed by atoms with Crippen molar-refractivity contribution in [2.45, 2.75) is 33.2 Å². The van der Waals surface area contributed by atoms with Crippen LogP contribution in [-0.2, 0) is 6.42 Å². The van der Waals surface area contributed by atoms with Gasteiger partial charge in [0.1, 0.15) is 0 Å². The highest BCUT2D eigenvalue weighted by atomic mass is 35.5. The van der Waals surface area contributed by atoms with Crippen LogP contribution >= 0.6 is 11.6 Å². The van der Waals surface area contributed by atoms with Crippen molar-refractivity contribution >= 4 is 23.3 Å². The second-order valence-corrected chi connectivity index (χ2v) is 5.64. The smallest absolute Gasteiger partial charge is 0.319 e. The molecule has 2 aromatic rings. The largest absolute Gasteiger partial charge is 0.335 e. The first-order chi connectivity index (χ1) is 9.94. The van der Waals surface area contributed by atoms with Crippen LogP contribution < -0.4 is 10.6 Å². The average molecular weight is 307 g/mol. The molecule has 0 unspecified atom stereocenters. The molecule has 3 N–H and O–H groups in total. The summed E-state index contributed by atoms with van der Waals surface area (Å²) in [5, 5.41) is 13.2. The molecule has 5 nitrogen and oxygen atoms in total. The maximum absolute atomic E-state index is 11.9. The Balaban J connectivity index is 1.89. The summed E-state index contributed by atoms with van der Waals surface area (Å²) in [6.07, 6.45) is 0.666. The van der Waals surface area contributed by atoms with Gasteiger partial charge in [0.25, 0.3) is 0 Å². The molecule has 0 aliphatic carbocycles. The summed E-state index contributed by atoms with van der Waals surface area (Å²) in [6.45, 7) is 5.82. The monoisotopic (exact) mass is 306 g/mol. The molecule has 2 rings (SSSR count). The Hall–Kier alpha value is -2.01. The summed E-state index contributed by atoms with van der Waals surface area (Å²) in [6, 6.07) is 7.16. The van der Waals surface area contributed by atoms with E-state index in [1.54, 1.807) is 6.07 Å². The van der Waals surface area contributed by atoms with Crippen LogP contribution in [0.3, 0.4) is 0 Å². The van der Waals surface area contributed by atoms with Gasteiger partial charge in [-0.05, 0) is 44.5 Å². The Bertz CT molecular complexity index is 638. The van der Waals surface area contributed by atoms with E-state index < -0.39 is 0 Å². The summed E-state index contributed by atoms with van der Waals surface area (Å²) in [7, 11) is 0. The lowest BCUT2D eigenvalue weighted by atomic mass is 10.2. The van der Waals surface area contributed by atoms with Crippen LogP contribution in [0.15, 0.2) is 24.3 Å². The van der Waals surface area contributed by atoms with Crippen LogP contribution in [0.25, 0.3) is 0 Å². The number of nitrogens with zero attached hydrogens (tertiary/aromatic N) is 1. The van der Waals surface area contributed by atoms with Crippen molar-refractivity contribution in [1.29, 1.82) is 0 Å². The minimum Gasteiger partial charge on any atom is -0.335 e.